The second-order valence-corrected chi connectivity index (χ2v) is 5.19. The largest absolute Gasteiger partial charge is 0.294 e. The Hall–Kier alpha value is -0.610. The van der Waals surface area contributed by atoms with Crippen LogP contribution in [0.15, 0.2) is 27.6 Å². The number of hydrogen-bond acceptors (Lipinski definition) is 2. The molecule has 1 aliphatic heterocycles. The highest BCUT2D eigenvalue weighted by Gasteiger charge is 2.17. The molecular weight excluding hydrogens is 279 g/mol. The number of carbonyl (C=O) groups excluding carboxylic acids is 1. The van der Waals surface area contributed by atoms with E-state index < -0.39 is 0 Å². The standard InChI is InChI=1S/C11H8BrFOS/c12-8-5-7(1-2-9(8)13)6-11-10(14)3-4-15-11/h1-2,5-6H,3-4H2/b11-6+. The lowest BCUT2D eigenvalue weighted by molar-refractivity contribution is -0.114. The molecular formula is C11H8BrFOS. The molecule has 1 saturated heterocycles. The molecule has 1 aromatic carbocycles. The normalized spacial score (nSPS) is 18.8. The van der Waals surface area contributed by atoms with E-state index in [-0.39, 0.29) is 11.6 Å². The minimum Gasteiger partial charge on any atom is -0.294 e. The number of halogens is 2. The van der Waals surface area contributed by atoms with Crippen LogP contribution >= 0.6 is 27.7 Å². The number of ketones is 1. The fraction of sp³-hybridized carbons (Fsp3) is 0.182. The first-order valence-corrected chi connectivity index (χ1v) is 6.27. The Kier molecular flexibility index (Phi) is 3.26. The van der Waals surface area contributed by atoms with Crippen LogP contribution in [0.25, 0.3) is 6.08 Å². The van der Waals surface area contributed by atoms with E-state index in [1.807, 2.05) is 6.08 Å². The predicted molar refractivity (Wildman–Crippen MR) is 64.2 cm³/mol. The molecule has 0 N–H and O–H groups in total. The predicted octanol–water partition coefficient (Wildman–Crippen LogP) is 3.64. The maximum atomic E-state index is 12.9. The van der Waals surface area contributed by atoms with Gasteiger partial charge in [-0.25, -0.2) is 4.39 Å². The van der Waals surface area contributed by atoms with Crippen molar-refractivity contribution in [3.05, 3.63) is 39.0 Å². The monoisotopic (exact) mass is 286 g/mol. The molecule has 1 aliphatic rings. The highest BCUT2D eigenvalue weighted by Crippen LogP contribution is 2.29. The van der Waals surface area contributed by atoms with Crippen LogP contribution in [0.3, 0.4) is 0 Å². The minimum absolute atomic E-state index is 0.181. The Morgan fingerprint density at radius 2 is 2.27 bits per heavy atom. The zero-order valence-corrected chi connectivity index (χ0v) is 10.2. The molecule has 1 fully saturated rings. The molecule has 0 bridgehead atoms. The second kappa shape index (κ2) is 4.49. The maximum absolute atomic E-state index is 12.9. The van der Waals surface area contributed by atoms with Crippen LogP contribution in [0.1, 0.15) is 12.0 Å². The first-order valence-electron chi connectivity index (χ1n) is 4.49. The summed E-state index contributed by atoms with van der Waals surface area (Å²) < 4.78 is 13.4. The van der Waals surface area contributed by atoms with Crippen molar-refractivity contribution >= 4 is 39.6 Å². The quantitative estimate of drug-likeness (QED) is 0.734. The lowest BCUT2D eigenvalue weighted by Gasteiger charge is -1.98. The van der Waals surface area contributed by atoms with Gasteiger partial charge in [-0.1, -0.05) is 6.07 Å². The molecule has 0 radical (unpaired) electrons. The molecule has 0 spiro atoms. The summed E-state index contributed by atoms with van der Waals surface area (Å²) in [5.41, 5.74) is 0.848. The molecule has 1 heterocycles. The Morgan fingerprint density at radius 3 is 2.87 bits per heavy atom. The lowest BCUT2D eigenvalue weighted by atomic mass is 10.2. The molecule has 2 rings (SSSR count). The van der Waals surface area contributed by atoms with Crippen LogP contribution in [0.2, 0.25) is 0 Å². The Balaban J connectivity index is 2.31. The van der Waals surface area contributed by atoms with E-state index in [1.54, 1.807) is 23.9 Å². The van der Waals surface area contributed by atoms with Gasteiger partial charge < -0.3 is 0 Å². The Bertz CT molecular complexity index is 442. The van der Waals surface area contributed by atoms with Crippen LogP contribution in [-0.4, -0.2) is 11.5 Å². The van der Waals surface area contributed by atoms with Crippen molar-refractivity contribution in [1.82, 2.24) is 0 Å². The molecule has 1 nitrogen and oxygen atoms in total. The van der Waals surface area contributed by atoms with Gasteiger partial charge in [-0.15, -0.1) is 11.8 Å². The molecule has 15 heavy (non-hydrogen) atoms. The number of Topliss-reactive ketones (excluding diaryl/α,β-unsaturated/α-hetero) is 1. The van der Waals surface area contributed by atoms with Gasteiger partial charge in [0.15, 0.2) is 5.78 Å². The van der Waals surface area contributed by atoms with Crippen molar-refractivity contribution in [3.63, 3.8) is 0 Å². The van der Waals surface area contributed by atoms with Gasteiger partial charge in [0.25, 0.3) is 0 Å². The third-order valence-electron chi connectivity index (χ3n) is 2.10. The molecule has 0 aromatic heterocycles. The number of carbonyl (C=O) groups is 1. The highest BCUT2D eigenvalue weighted by atomic mass is 79.9. The van der Waals surface area contributed by atoms with E-state index in [1.165, 1.54) is 6.07 Å². The lowest BCUT2D eigenvalue weighted by Crippen LogP contribution is -1.90. The molecule has 0 unspecified atom stereocenters. The van der Waals surface area contributed by atoms with Gasteiger partial charge in [0.2, 0.25) is 0 Å². The van der Waals surface area contributed by atoms with E-state index >= 15 is 0 Å². The molecule has 0 atom stereocenters. The summed E-state index contributed by atoms with van der Waals surface area (Å²) in [6.45, 7) is 0. The van der Waals surface area contributed by atoms with Gasteiger partial charge in [-0.05, 0) is 39.7 Å². The first-order chi connectivity index (χ1) is 7.16. The van der Waals surface area contributed by atoms with Gasteiger partial charge in [-0.3, -0.25) is 4.79 Å². The summed E-state index contributed by atoms with van der Waals surface area (Å²) in [6.07, 6.45) is 2.42. The van der Waals surface area contributed by atoms with Crippen LogP contribution in [-0.2, 0) is 4.79 Å². The van der Waals surface area contributed by atoms with Crippen LogP contribution in [0.5, 0.6) is 0 Å². The average Bonchev–Trinajstić information content (AvgIpc) is 2.59. The van der Waals surface area contributed by atoms with Crippen molar-refractivity contribution in [2.75, 3.05) is 5.75 Å². The number of benzene rings is 1. The number of allylic oxidation sites excluding steroid dienone is 1. The molecule has 0 amide bonds. The molecule has 4 heteroatoms. The summed E-state index contributed by atoms with van der Waals surface area (Å²) >= 11 is 4.67. The van der Waals surface area contributed by atoms with Gasteiger partial charge in [-0.2, -0.15) is 0 Å². The summed E-state index contributed by atoms with van der Waals surface area (Å²) in [5, 5.41) is 0. The van der Waals surface area contributed by atoms with Crippen molar-refractivity contribution in [2.45, 2.75) is 6.42 Å². The zero-order valence-electron chi connectivity index (χ0n) is 7.80. The smallest absolute Gasteiger partial charge is 0.170 e. The van der Waals surface area contributed by atoms with E-state index in [4.69, 9.17) is 0 Å². The van der Waals surface area contributed by atoms with Crippen LogP contribution in [0.4, 0.5) is 4.39 Å². The fourth-order valence-electron chi connectivity index (χ4n) is 1.33. The average molecular weight is 287 g/mol. The van der Waals surface area contributed by atoms with Crippen LogP contribution < -0.4 is 0 Å². The SMILES string of the molecule is O=C1CCS/C1=C/c1ccc(F)c(Br)c1. The number of thioether (sulfide) groups is 1. The maximum Gasteiger partial charge on any atom is 0.170 e. The van der Waals surface area contributed by atoms with Crippen molar-refractivity contribution < 1.29 is 9.18 Å². The molecule has 0 saturated carbocycles. The van der Waals surface area contributed by atoms with Crippen molar-refractivity contribution in [2.24, 2.45) is 0 Å². The first kappa shape index (κ1) is 10.9. The third kappa shape index (κ3) is 2.49. The van der Waals surface area contributed by atoms with Crippen molar-refractivity contribution in [1.29, 1.82) is 0 Å². The second-order valence-electron chi connectivity index (χ2n) is 3.20. The number of hydrogen-bond donors (Lipinski definition) is 0. The Labute approximate surface area is 99.9 Å². The summed E-state index contributed by atoms with van der Waals surface area (Å²) in [4.78, 5) is 12.1. The van der Waals surface area contributed by atoms with Gasteiger partial charge >= 0.3 is 0 Å². The van der Waals surface area contributed by atoms with E-state index in [2.05, 4.69) is 15.9 Å². The summed E-state index contributed by atoms with van der Waals surface area (Å²) in [6, 6.07) is 4.73. The van der Waals surface area contributed by atoms with Crippen LogP contribution in [0, 0.1) is 5.82 Å². The highest BCUT2D eigenvalue weighted by molar-refractivity contribution is 9.10. The van der Waals surface area contributed by atoms with E-state index in [0.717, 1.165) is 16.2 Å². The van der Waals surface area contributed by atoms with Crippen molar-refractivity contribution in [3.8, 4) is 0 Å². The topological polar surface area (TPSA) is 17.1 Å². The molecule has 1 aromatic rings. The van der Waals surface area contributed by atoms with Gasteiger partial charge in [0.05, 0.1) is 9.38 Å². The summed E-state index contributed by atoms with van der Waals surface area (Å²) in [5.74, 6) is 0.746. The van der Waals surface area contributed by atoms with E-state index in [0.29, 0.717) is 10.9 Å². The minimum atomic E-state index is -0.289. The Morgan fingerprint density at radius 1 is 1.47 bits per heavy atom. The fourth-order valence-corrected chi connectivity index (χ4v) is 2.72. The van der Waals surface area contributed by atoms with E-state index in [9.17, 15) is 9.18 Å². The van der Waals surface area contributed by atoms with Gasteiger partial charge in [0.1, 0.15) is 5.82 Å². The zero-order chi connectivity index (χ0) is 10.8. The molecule has 0 aliphatic carbocycles. The molecule has 78 valence electrons. The summed E-state index contributed by atoms with van der Waals surface area (Å²) in [7, 11) is 0. The van der Waals surface area contributed by atoms with Gasteiger partial charge in [0, 0.05) is 12.2 Å². The third-order valence-corrected chi connectivity index (χ3v) is 3.78. The number of rotatable bonds is 1.